The summed E-state index contributed by atoms with van der Waals surface area (Å²) in [5, 5.41) is 0. The zero-order chi connectivity index (χ0) is 25.0. The maximum absolute atomic E-state index is 12.7. The van der Waals surface area contributed by atoms with Crippen LogP contribution in [0.25, 0.3) is 10.2 Å². The minimum atomic E-state index is -3.95. The number of benzene rings is 2. The van der Waals surface area contributed by atoms with Crippen molar-refractivity contribution in [3.63, 3.8) is 0 Å². The summed E-state index contributed by atoms with van der Waals surface area (Å²) >= 11 is 1.32. The summed E-state index contributed by atoms with van der Waals surface area (Å²) < 4.78 is 28.1. The van der Waals surface area contributed by atoms with Crippen molar-refractivity contribution in [2.75, 3.05) is 42.6 Å². The van der Waals surface area contributed by atoms with Gasteiger partial charge < -0.3 is 14.4 Å². The summed E-state index contributed by atoms with van der Waals surface area (Å²) in [6.45, 7) is 8.29. The van der Waals surface area contributed by atoms with E-state index in [4.69, 9.17) is 0 Å². The normalized spacial score (nSPS) is 14.9. The second kappa shape index (κ2) is 10.6. The van der Waals surface area contributed by atoms with Gasteiger partial charge in [0.2, 0.25) is 5.91 Å². The van der Waals surface area contributed by atoms with E-state index in [1.807, 2.05) is 60.0 Å². The van der Waals surface area contributed by atoms with Gasteiger partial charge in [-0.2, -0.15) is 4.99 Å². The molecule has 1 aromatic heterocycles. The molecule has 0 saturated carbocycles. The van der Waals surface area contributed by atoms with Crippen molar-refractivity contribution in [3.8, 4) is 0 Å². The van der Waals surface area contributed by atoms with Crippen molar-refractivity contribution < 1.29 is 18.0 Å². The first-order valence-corrected chi connectivity index (χ1v) is 14.0. The zero-order valence-corrected chi connectivity index (χ0v) is 21.2. The number of allylic oxidation sites excluding steroid dienone is 1. The van der Waals surface area contributed by atoms with Gasteiger partial charge in [0.05, 0.1) is 10.2 Å². The van der Waals surface area contributed by atoms with E-state index in [0.29, 0.717) is 37.5 Å². The average molecular weight is 513 g/mol. The van der Waals surface area contributed by atoms with E-state index >= 15 is 0 Å². The van der Waals surface area contributed by atoms with E-state index < -0.39 is 33.2 Å². The average Bonchev–Trinajstić information content (AvgIpc) is 3.14. The van der Waals surface area contributed by atoms with Crippen LogP contribution in [0.4, 0.5) is 5.69 Å². The molecule has 2 amide bonds. The van der Waals surface area contributed by atoms with E-state index in [1.165, 1.54) is 11.3 Å². The molecule has 2 heterocycles. The van der Waals surface area contributed by atoms with Crippen LogP contribution < -0.4 is 9.70 Å². The van der Waals surface area contributed by atoms with Crippen LogP contribution in [0.2, 0.25) is 0 Å². The number of rotatable bonds is 7. The predicted octanol–water partition coefficient (Wildman–Crippen LogP) is 2.39. The molecule has 0 radical (unpaired) electrons. The number of nitrogens with zero attached hydrogens (tertiary/aromatic N) is 4. The number of aromatic nitrogens is 1. The lowest BCUT2D eigenvalue weighted by atomic mass is 10.2. The highest BCUT2D eigenvalue weighted by Crippen LogP contribution is 2.19. The van der Waals surface area contributed by atoms with Crippen molar-refractivity contribution in [3.05, 3.63) is 71.6 Å². The van der Waals surface area contributed by atoms with Gasteiger partial charge in [0.1, 0.15) is 11.5 Å². The van der Waals surface area contributed by atoms with Crippen molar-refractivity contribution in [2.45, 2.75) is 13.5 Å². The van der Waals surface area contributed by atoms with Crippen molar-refractivity contribution in [1.29, 1.82) is 0 Å². The molecule has 0 bridgehead atoms. The maximum Gasteiger partial charge on any atom is 0.263 e. The monoisotopic (exact) mass is 512 g/mol. The molecule has 1 aliphatic heterocycles. The van der Waals surface area contributed by atoms with Crippen LogP contribution in [0.1, 0.15) is 5.56 Å². The Morgan fingerprint density at radius 1 is 1.06 bits per heavy atom. The Morgan fingerprint density at radius 2 is 1.77 bits per heavy atom. The molecular formula is C25H28N4O4S2. The highest BCUT2D eigenvalue weighted by atomic mass is 32.2. The summed E-state index contributed by atoms with van der Waals surface area (Å²) in [7, 11) is -3.95. The highest BCUT2D eigenvalue weighted by molar-refractivity contribution is 7.92. The summed E-state index contributed by atoms with van der Waals surface area (Å²) in [6.07, 6.45) is 1.70. The number of hydrogen-bond acceptors (Lipinski definition) is 6. The van der Waals surface area contributed by atoms with Gasteiger partial charge >= 0.3 is 0 Å². The second-order valence-corrected chi connectivity index (χ2v) is 11.6. The molecule has 1 fully saturated rings. The van der Waals surface area contributed by atoms with Crippen LogP contribution in [-0.2, 0) is 26.0 Å². The Morgan fingerprint density at radius 3 is 2.46 bits per heavy atom. The second-order valence-electron chi connectivity index (χ2n) is 8.50. The lowest BCUT2D eigenvalue weighted by molar-refractivity contribution is -0.128. The first-order chi connectivity index (χ1) is 16.8. The third-order valence-electron chi connectivity index (χ3n) is 5.81. The standard InChI is InChI=1S/C25H28N4O4S2/c1-3-11-29-21-10-9-19(2)16-22(21)34-25(29)26-23(30)17-35(32,33)18-24(31)28-14-12-27(13-15-28)20-7-5-4-6-8-20/h3-10,16H,1,11-15,17-18H2,2H3. The molecule has 0 N–H and O–H groups in total. The molecule has 184 valence electrons. The van der Waals surface area contributed by atoms with Crippen LogP contribution in [-0.4, -0.2) is 67.4 Å². The fourth-order valence-electron chi connectivity index (χ4n) is 4.08. The van der Waals surface area contributed by atoms with Gasteiger partial charge in [-0.05, 0) is 36.8 Å². The van der Waals surface area contributed by atoms with Crippen LogP contribution >= 0.6 is 11.3 Å². The van der Waals surface area contributed by atoms with Crippen molar-refractivity contribution in [2.24, 2.45) is 4.99 Å². The van der Waals surface area contributed by atoms with Crippen LogP contribution in [0.5, 0.6) is 0 Å². The van der Waals surface area contributed by atoms with Crippen molar-refractivity contribution >= 4 is 48.9 Å². The van der Waals surface area contributed by atoms with Gasteiger partial charge in [-0.3, -0.25) is 9.59 Å². The minimum absolute atomic E-state index is 0.411. The molecule has 0 aliphatic carbocycles. The third kappa shape index (κ3) is 6.07. The molecule has 2 aromatic carbocycles. The number of carbonyl (C=O) groups excluding carboxylic acids is 2. The quantitative estimate of drug-likeness (QED) is 0.454. The number of amides is 2. The molecule has 3 aromatic rings. The molecule has 0 spiro atoms. The van der Waals surface area contributed by atoms with Crippen LogP contribution in [0.15, 0.2) is 66.2 Å². The molecule has 0 atom stereocenters. The van der Waals surface area contributed by atoms with E-state index in [1.54, 1.807) is 11.0 Å². The van der Waals surface area contributed by atoms with Crippen LogP contribution in [0.3, 0.4) is 0 Å². The lowest BCUT2D eigenvalue weighted by Crippen LogP contribution is -2.50. The summed E-state index contributed by atoms with van der Waals surface area (Å²) in [4.78, 5) is 33.4. The number of carbonyl (C=O) groups is 2. The highest BCUT2D eigenvalue weighted by Gasteiger charge is 2.27. The third-order valence-corrected chi connectivity index (χ3v) is 8.23. The fourth-order valence-corrected chi connectivity index (χ4v) is 6.34. The van der Waals surface area contributed by atoms with E-state index in [2.05, 4.69) is 16.5 Å². The Bertz CT molecular complexity index is 1420. The van der Waals surface area contributed by atoms with Gasteiger partial charge in [-0.15, -0.1) is 6.58 Å². The largest absolute Gasteiger partial charge is 0.368 e. The summed E-state index contributed by atoms with van der Waals surface area (Å²) in [5.74, 6) is -2.76. The molecule has 0 unspecified atom stereocenters. The SMILES string of the molecule is C=CCn1c(=NC(=O)CS(=O)(=O)CC(=O)N2CCN(c3ccccc3)CC2)sc2cc(C)ccc21. The smallest absolute Gasteiger partial charge is 0.263 e. The topological polar surface area (TPSA) is 92.0 Å². The number of sulfone groups is 1. The Balaban J connectivity index is 1.41. The lowest BCUT2D eigenvalue weighted by Gasteiger charge is -2.36. The van der Waals surface area contributed by atoms with Gasteiger partial charge in [0.15, 0.2) is 14.6 Å². The van der Waals surface area contributed by atoms with Gasteiger partial charge in [0, 0.05) is 38.4 Å². The van der Waals surface area contributed by atoms with Gasteiger partial charge in [-0.1, -0.05) is 41.7 Å². The van der Waals surface area contributed by atoms with E-state index in [-0.39, 0.29) is 0 Å². The number of hydrogen-bond donors (Lipinski definition) is 0. The molecular weight excluding hydrogens is 484 g/mol. The molecule has 1 saturated heterocycles. The van der Waals surface area contributed by atoms with Gasteiger partial charge in [-0.25, -0.2) is 8.42 Å². The fraction of sp³-hybridized carbons (Fsp3) is 0.320. The zero-order valence-electron chi connectivity index (χ0n) is 19.6. The van der Waals surface area contributed by atoms with Gasteiger partial charge in [0.25, 0.3) is 5.91 Å². The number of anilines is 1. The number of para-hydroxylation sites is 1. The summed E-state index contributed by atoms with van der Waals surface area (Å²) in [5.41, 5.74) is 3.05. The number of aryl methyl sites for hydroxylation is 1. The number of thiazole rings is 1. The molecule has 8 nitrogen and oxygen atoms in total. The Hall–Kier alpha value is -3.24. The number of fused-ring (bicyclic) bond motifs is 1. The molecule has 35 heavy (non-hydrogen) atoms. The Labute approximate surface area is 208 Å². The Kier molecular flexibility index (Phi) is 7.51. The first kappa shape index (κ1) is 24.9. The molecule has 1 aliphatic rings. The van der Waals surface area contributed by atoms with E-state index in [0.717, 1.165) is 21.5 Å². The molecule has 10 heteroatoms. The van der Waals surface area contributed by atoms with Crippen molar-refractivity contribution in [1.82, 2.24) is 9.47 Å². The van der Waals surface area contributed by atoms with Crippen LogP contribution in [0, 0.1) is 6.92 Å². The minimum Gasteiger partial charge on any atom is -0.368 e. The summed E-state index contributed by atoms with van der Waals surface area (Å²) in [6, 6.07) is 15.8. The van der Waals surface area contributed by atoms with E-state index in [9.17, 15) is 18.0 Å². The number of piperazine rings is 1. The first-order valence-electron chi connectivity index (χ1n) is 11.3. The predicted molar refractivity (Wildman–Crippen MR) is 139 cm³/mol. The maximum atomic E-state index is 12.7. The molecule has 4 rings (SSSR count).